The first-order valence-corrected chi connectivity index (χ1v) is 8.91. The van der Waals surface area contributed by atoms with Gasteiger partial charge in [-0.3, -0.25) is 14.4 Å². The molecule has 4 unspecified atom stereocenters. The second kappa shape index (κ2) is 11.3. The fourth-order valence-electron chi connectivity index (χ4n) is 2.05. The number of carboxylic acid groups (broad SMARTS) is 1. The maximum Gasteiger partial charge on any atom is 0.326 e. The summed E-state index contributed by atoms with van der Waals surface area (Å²) in [7, 11) is 0. The van der Waals surface area contributed by atoms with Crippen LogP contribution in [0.3, 0.4) is 0 Å². The predicted octanol–water partition coefficient (Wildman–Crippen LogP) is -3.24. The topological polar surface area (TPSA) is 200 Å². The van der Waals surface area contributed by atoms with Crippen molar-refractivity contribution in [2.24, 2.45) is 5.73 Å². The monoisotopic (exact) mass is 416 g/mol. The van der Waals surface area contributed by atoms with Gasteiger partial charge in [0.2, 0.25) is 17.7 Å². The number of imidazole rings is 1. The van der Waals surface area contributed by atoms with E-state index in [1.54, 1.807) is 0 Å². The van der Waals surface area contributed by atoms with Crippen molar-refractivity contribution in [2.45, 2.75) is 37.5 Å². The van der Waals surface area contributed by atoms with E-state index in [2.05, 4.69) is 38.5 Å². The summed E-state index contributed by atoms with van der Waals surface area (Å²) in [6, 6.07) is -4.68. The fourth-order valence-corrected chi connectivity index (χ4v) is 2.31. The number of nitrogens with one attached hydrogen (secondary N) is 4. The van der Waals surface area contributed by atoms with Crippen LogP contribution in [0.1, 0.15) is 12.6 Å². The van der Waals surface area contributed by atoms with Gasteiger partial charge in [0.25, 0.3) is 0 Å². The van der Waals surface area contributed by atoms with Gasteiger partial charge in [0.15, 0.2) is 0 Å². The van der Waals surface area contributed by atoms with Crippen LogP contribution < -0.4 is 21.7 Å². The molecule has 0 radical (unpaired) electrons. The number of nitrogens with two attached hydrogens (primary N) is 1. The van der Waals surface area contributed by atoms with Crippen LogP contribution in [0.15, 0.2) is 12.5 Å². The largest absolute Gasteiger partial charge is 0.480 e. The molecule has 0 bridgehead atoms. The minimum Gasteiger partial charge on any atom is -0.480 e. The van der Waals surface area contributed by atoms with Crippen LogP contribution >= 0.6 is 12.6 Å². The highest BCUT2D eigenvalue weighted by molar-refractivity contribution is 7.80. The Bertz CT molecular complexity index is 683. The molecule has 12 nitrogen and oxygen atoms in total. The average Bonchev–Trinajstić information content (AvgIpc) is 3.15. The van der Waals surface area contributed by atoms with Crippen molar-refractivity contribution in [2.75, 3.05) is 12.4 Å². The average molecular weight is 416 g/mol. The third-order valence-corrected chi connectivity index (χ3v) is 4.00. The molecule has 13 heteroatoms. The van der Waals surface area contributed by atoms with Gasteiger partial charge in [-0.15, -0.1) is 0 Å². The third kappa shape index (κ3) is 7.17. The molecular formula is C15H24N6O6S. The van der Waals surface area contributed by atoms with Crippen molar-refractivity contribution in [1.82, 2.24) is 25.9 Å². The molecule has 0 aliphatic carbocycles. The Balaban J connectivity index is 2.73. The van der Waals surface area contributed by atoms with Gasteiger partial charge in [-0.25, -0.2) is 9.78 Å². The Kier molecular flexibility index (Phi) is 9.41. The zero-order valence-corrected chi connectivity index (χ0v) is 16.0. The molecule has 0 aliphatic heterocycles. The number of hydrogen-bond donors (Lipinski definition) is 8. The van der Waals surface area contributed by atoms with E-state index in [-0.39, 0.29) is 12.2 Å². The summed E-state index contributed by atoms with van der Waals surface area (Å²) in [5.41, 5.74) is 5.89. The molecule has 0 fully saturated rings. The number of nitrogens with zero attached hydrogens (tertiary/aromatic N) is 1. The fraction of sp³-hybridized carbons (Fsp3) is 0.533. The minimum absolute atomic E-state index is 0.0436. The molecule has 4 atom stereocenters. The molecule has 0 saturated heterocycles. The number of aliphatic carboxylic acids is 1. The van der Waals surface area contributed by atoms with Crippen molar-refractivity contribution in [1.29, 1.82) is 0 Å². The maximum atomic E-state index is 12.4. The quantitative estimate of drug-likeness (QED) is 0.172. The first-order chi connectivity index (χ1) is 13.2. The molecule has 1 aromatic rings. The van der Waals surface area contributed by atoms with E-state index in [1.807, 2.05) is 0 Å². The lowest BCUT2D eigenvalue weighted by Crippen LogP contribution is -2.58. The Morgan fingerprint density at radius 2 is 1.71 bits per heavy atom. The van der Waals surface area contributed by atoms with E-state index in [0.717, 1.165) is 0 Å². The molecule has 1 aromatic heterocycles. The zero-order chi connectivity index (χ0) is 21.3. The zero-order valence-electron chi connectivity index (χ0n) is 15.1. The number of aliphatic hydroxyl groups excluding tert-OH is 1. The number of aromatic nitrogens is 2. The molecule has 3 amide bonds. The minimum atomic E-state index is -1.33. The van der Waals surface area contributed by atoms with Gasteiger partial charge in [-0.2, -0.15) is 12.6 Å². The first-order valence-electron chi connectivity index (χ1n) is 8.28. The van der Waals surface area contributed by atoms with Gasteiger partial charge in [0, 0.05) is 24.1 Å². The molecule has 156 valence electrons. The number of amides is 3. The van der Waals surface area contributed by atoms with Crippen LogP contribution in [0.5, 0.6) is 0 Å². The van der Waals surface area contributed by atoms with Crippen molar-refractivity contribution in [3.63, 3.8) is 0 Å². The molecule has 1 heterocycles. The van der Waals surface area contributed by atoms with Crippen LogP contribution in [0.25, 0.3) is 0 Å². The Labute approximate surface area is 166 Å². The summed E-state index contributed by atoms with van der Waals surface area (Å²) in [4.78, 5) is 54.0. The molecule has 0 saturated carbocycles. The smallest absolute Gasteiger partial charge is 0.326 e. The molecule has 0 aliphatic rings. The van der Waals surface area contributed by atoms with Gasteiger partial charge < -0.3 is 36.9 Å². The van der Waals surface area contributed by atoms with E-state index in [4.69, 9.17) is 5.73 Å². The number of H-pyrrole nitrogens is 1. The summed E-state index contributed by atoms with van der Waals surface area (Å²) in [6.45, 7) is 0.681. The van der Waals surface area contributed by atoms with Gasteiger partial charge in [-0.05, 0) is 6.92 Å². The van der Waals surface area contributed by atoms with Crippen LogP contribution in [0.2, 0.25) is 0 Å². The normalized spacial score (nSPS) is 15.0. The number of hydrogen-bond acceptors (Lipinski definition) is 8. The molecule has 0 spiro atoms. The lowest BCUT2D eigenvalue weighted by molar-refractivity contribution is -0.142. The number of carbonyl (C=O) groups excluding carboxylic acids is 3. The van der Waals surface area contributed by atoms with E-state index in [1.165, 1.54) is 19.4 Å². The summed E-state index contributed by atoms with van der Waals surface area (Å²) >= 11 is 3.98. The Hall–Kier alpha value is -2.64. The summed E-state index contributed by atoms with van der Waals surface area (Å²) in [6.07, 6.45) is 2.75. The van der Waals surface area contributed by atoms with Gasteiger partial charge >= 0.3 is 5.97 Å². The van der Waals surface area contributed by atoms with Crippen LogP contribution in [0.4, 0.5) is 0 Å². The van der Waals surface area contributed by atoms with Crippen LogP contribution in [-0.2, 0) is 25.6 Å². The Morgan fingerprint density at radius 3 is 2.18 bits per heavy atom. The van der Waals surface area contributed by atoms with E-state index in [0.29, 0.717) is 5.69 Å². The van der Waals surface area contributed by atoms with E-state index in [9.17, 15) is 29.4 Å². The molecular weight excluding hydrogens is 392 g/mol. The third-order valence-electron chi connectivity index (χ3n) is 3.64. The first kappa shape index (κ1) is 23.4. The number of carboxylic acids is 1. The number of carbonyl (C=O) groups is 4. The second-order valence-corrected chi connectivity index (χ2v) is 6.32. The summed E-state index contributed by atoms with van der Waals surface area (Å²) in [5.74, 6) is -3.71. The highest BCUT2D eigenvalue weighted by Gasteiger charge is 2.29. The van der Waals surface area contributed by atoms with Crippen molar-refractivity contribution in [3.8, 4) is 0 Å². The predicted molar refractivity (Wildman–Crippen MR) is 100 cm³/mol. The van der Waals surface area contributed by atoms with Crippen LogP contribution in [-0.4, -0.2) is 80.4 Å². The Morgan fingerprint density at radius 1 is 1.14 bits per heavy atom. The van der Waals surface area contributed by atoms with Crippen molar-refractivity contribution in [3.05, 3.63) is 18.2 Å². The van der Waals surface area contributed by atoms with Gasteiger partial charge in [-0.1, -0.05) is 0 Å². The van der Waals surface area contributed by atoms with Gasteiger partial charge in [0.05, 0.1) is 19.0 Å². The molecule has 28 heavy (non-hydrogen) atoms. The van der Waals surface area contributed by atoms with Gasteiger partial charge in [0.1, 0.15) is 18.1 Å². The highest BCUT2D eigenvalue weighted by Crippen LogP contribution is 2.01. The number of aliphatic hydroxyl groups is 1. The lowest BCUT2D eigenvalue weighted by atomic mass is 10.1. The van der Waals surface area contributed by atoms with Crippen molar-refractivity contribution >= 4 is 36.3 Å². The molecule has 0 aromatic carbocycles. The SMILES string of the molecule is CC(N)C(=O)NC(CO)C(=O)NC(CS)C(=O)NC(Cc1cnc[nH]1)C(=O)O. The van der Waals surface area contributed by atoms with Crippen molar-refractivity contribution < 1.29 is 29.4 Å². The van der Waals surface area contributed by atoms with Crippen LogP contribution in [0, 0.1) is 0 Å². The second-order valence-electron chi connectivity index (χ2n) is 5.96. The van der Waals surface area contributed by atoms with E-state index >= 15 is 0 Å². The standard InChI is InChI=1S/C15H24N6O6S/c1-7(16)12(23)20-10(4-22)13(24)21-11(5-28)14(25)19-9(15(26)27)2-8-3-17-6-18-8/h3,6-7,9-11,22,28H,2,4-5,16H2,1H3,(H,17,18)(H,19,25)(H,20,23)(H,21,24)(H,26,27). The number of rotatable bonds is 11. The van der Waals surface area contributed by atoms with E-state index < -0.39 is 54.5 Å². The lowest BCUT2D eigenvalue weighted by Gasteiger charge is -2.23. The molecule has 1 rings (SSSR count). The summed E-state index contributed by atoms with van der Waals surface area (Å²) < 4.78 is 0. The highest BCUT2D eigenvalue weighted by atomic mass is 32.1. The number of aromatic amines is 1. The molecule has 8 N–H and O–H groups in total. The maximum absolute atomic E-state index is 12.4. The summed E-state index contributed by atoms with van der Waals surface area (Å²) in [5, 5.41) is 25.4. The number of thiol groups is 1.